The highest BCUT2D eigenvalue weighted by atomic mass is 32.2. The lowest BCUT2D eigenvalue weighted by Gasteiger charge is -2.14. The van der Waals surface area contributed by atoms with Gasteiger partial charge in [-0.1, -0.05) is 6.92 Å². The molecule has 0 aliphatic carbocycles. The molecule has 128 valence electrons. The van der Waals surface area contributed by atoms with Gasteiger partial charge in [-0.2, -0.15) is 0 Å². The number of anilines is 1. The van der Waals surface area contributed by atoms with Crippen LogP contribution in [0, 0.1) is 0 Å². The van der Waals surface area contributed by atoms with Crippen LogP contribution in [0.1, 0.15) is 19.8 Å². The van der Waals surface area contributed by atoms with Crippen molar-refractivity contribution in [2.45, 2.75) is 31.1 Å². The normalized spacial score (nSPS) is 12.9. The standard InChI is InChI=1S/C16H26N4O2S/c1-4-10-23-12-6-7-13-14(11-12)18-15(17-13)19-16(21)22-9-5-8-20(2)3/h6-7,11,16,21H,4-5,8-10H2,1-3H3,(H2,17,18,19). The van der Waals surface area contributed by atoms with Crippen LogP contribution >= 0.6 is 11.8 Å². The zero-order chi connectivity index (χ0) is 16.7. The van der Waals surface area contributed by atoms with Crippen LogP contribution in [-0.4, -0.2) is 59.4 Å². The second kappa shape index (κ2) is 9.12. The van der Waals surface area contributed by atoms with E-state index in [-0.39, 0.29) is 0 Å². The summed E-state index contributed by atoms with van der Waals surface area (Å²) in [5.74, 6) is 1.61. The summed E-state index contributed by atoms with van der Waals surface area (Å²) in [6, 6.07) is 6.14. The Morgan fingerprint density at radius 3 is 3.00 bits per heavy atom. The highest BCUT2D eigenvalue weighted by Crippen LogP contribution is 2.24. The molecular weight excluding hydrogens is 312 g/mol. The molecule has 1 atom stereocenters. The first-order valence-electron chi connectivity index (χ1n) is 7.92. The summed E-state index contributed by atoms with van der Waals surface area (Å²) in [4.78, 5) is 10.9. The molecule has 0 aliphatic rings. The number of aromatic nitrogens is 2. The fraction of sp³-hybridized carbons (Fsp3) is 0.562. The van der Waals surface area contributed by atoms with E-state index in [4.69, 9.17) is 4.74 Å². The van der Waals surface area contributed by atoms with Gasteiger partial charge in [-0.25, -0.2) is 4.98 Å². The van der Waals surface area contributed by atoms with E-state index in [0.29, 0.717) is 12.6 Å². The summed E-state index contributed by atoms with van der Waals surface area (Å²) in [6.07, 6.45) is 0.950. The van der Waals surface area contributed by atoms with Crippen LogP contribution in [0.25, 0.3) is 11.0 Å². The van der Waals surface area contributed by atoms with Crippen LogP contribution in [0.3, 0.4) is 0 Å². The van der Waals surface area contributed by atoms with Gasteiger partial charge in [0.25, 0.3) is 0 Å². The quantitative estimate of drug-likeness (QED) is 0.351. The van der Waals surface area contributed by atoms with Crippen molar-refractivity contribution in [2.75, 3.05) is 38.3 Å². The zero-order valence-electron chi connectivity index (χ0n) is 14.0. The SMILES string of the molecule is CCCSc1ccc2nc(NC(O)OCCCN(C)C)[nH]c2c1. The maximum absolute atomic E-state index is 9.85. The monoisotopic (exact) mass is 338 g/mol. The molecule has 1 heterocycles. The summed E-state index contributed by atoms with van der Waals surface area (Å²) in [5.41, 5.74) is 1.82. The fourth-order valence-corrected chi connectivity index (χ4v) is 2.91. The van der Waals surface area contributed by atoms with Gasteiger partial charge in [-0.05, 0) is 57.4 Å². The lowest BCUT2D eigenvalue weighted by Crippen LogP contribution is -2.25. The molecule has 2 aromatic rings. The van der Waals surface area contributed by atoms with Gasteiger partial charge in [0.1, 0.15) is 0 Å². The maximum Gasteiger partial charge on any atom is 0.237 e. The predicted molar refractivity (Wildman–Crippen MR) is 95.9 cm³/mol. The van der Waals surface area contributed by atoms with E-state index in [0.717, 1.165) is 36.2 Å². The van der Waals surface area contributed by atoms with Crippen molar-refractivity contribution >= 4 is 28.7 Å². The lowest BCUT2D eigenvalue weighted by atomic mass is 10.3. The van der Waals surface area contributed by atoms with Crippen LogP contribution in [0.15, 0.2) is 23.1 Å². The number of nitrogens with one attached hydrogen (secondary N) is 2. The van der Waals surface area contributed by atoms with E-state index in [1.54, 1.807) is 0 Å². The molecule has 6 nitrogen and oxygen atoms in total. The molecule has 0 fully saturated rings. The number of benzene rings is 1. The maximum atomic E-state index is 9.85. The minimum Gasteiger partial charge on any atom is -0.351 e. The number of hydrogen-bond donors (Lipinski definition) is 3. The van der Waals surface area contributed by atoms with E-state index in [9.17, 15) is 5.11 Å². The van der Waals surface area contributed by atoms with Crippen molar-refractivity contribution < 1.29 is 9.84 Å². The minimum atomic E-state index is -1.06. The third-order valence-corrected chi connectivity index (χ3v) is 4.41. The van der Waals surface area contributed by atoms with Gasteiger partial charge in [-0.15, -0.1) is 11.8 Å². The van der Waals surface area contributed by atoms with Crippen molar-refractivity contribution in [3.63, 3.8) is 0 Å². The van der Waals surface area contributed by atoms with Gasteiger partial charge < -0.3 is 25.0 Å². The van der Waals surface area contributed by atoms with Crippen molar-refractivity contribution in [2.24, 2.45) is 0 Å². The average molecular weight is 338 g/mol. The Morgan fingerprint density at radius 2 is 2.26 bits per heavy atom. The molecule has 7 heteroatoms. The van der Waals surface area contributed by atoms with Crippen LogP contribution in [0.2, 0.25) is 0 Å². The molecule has 0 saturated heterocycles. The highest BCUT2D eigenvalue weighted by molar-refractivity contribution is 7.99. The molecule has 0 bridgehead atoms. The van der Waals surface area contributed by atoms with Crippen molar-refractivity contribution in [1.82, 2.24) is 14.9 Å². The van der Waals surface area contributed by atoms with E-state index in [1.807, 2.05) is 31.9 Å². The number of fused-ring (bicyclic) bond motifs is 1. The van der Waals surface area contributed by atoms with Gasteiger partial charge >= 0.3 is 0 Å². The lowest BCUT2D eigenvalue weighted by molar-refractivity contribution is -0.0798. The molecule has 1 aromatic heterocycles. The number of imidazole rings is 1. The van der Waals surface area contributed by atoms with E-state index in [1.165, 1.54) is 4.90 Å². The summed E-state index contributed by atoms with van der Waals surface area (Å²) < 4.78 is 5.32. The molecule has 0 spiro atoms. The first kappa shape index (κ1) is 18.1. The first-order valence-corrected chi connectivity index (χ1v) is 8.90. The Morgan fingerprint density at radius 1 is 1.43 bits per heavy atom. The van der Waals surface area contributed by atoms with Gasteiger partial charge in [-0.3, -0.25) is 0 Å². The van der Waals surface area contributed by atoms with Gasteiger partial charge in [0.2, 0.25) is 12.4 Å². The van der Waals surface area contributed by atoms with Gasteiger partial charge in [0.15, 0.2) is 0 Å². The Bertz CT molecular complexity index is 603. The molecule has 0 radical (unpaired) electrons. The molecule has 1 aromatic carbocycles. The Hall–Kier alpha value is -1.28. The molecular formula is C16H26N4O2S. The summed E-state index contributed by atoms with van der Waals surface area (Å²) >= 11 is 1.83. The topological polar surface area (TPSA) is 73.4 Å². The number of nitrogens with zero attached hydrogens (tertiary/aromatic N) is 2. The van der Waals surface area contributed by atoms with Crippen molar-refractivity contribution in [3.05, 3.63) is 18.2 Å². The van der Waals surface area contributed by atoms with Crippen molar-refractivity contribution in [3.8, 4) is 0 Å². The average Bonchev–Trinajstić information content (AvgIpc) is 2.90. The number of aliphatic hydroxyl groups is 1. The number of rotatable bonds is 10. The van der Waals surface area contributed by atoms with Gasteiger partial charge in [0.05, 0.1) is 17.6 Å². The first-order chi connectivity index (χ1) is 11.1. The van der Waals surface area contributed by atoms with Gasteiger partial charge in [0, 0.05) is 4.90 Å². The van der Waals surface area contributed by atoms with Crippen molar-refractivity contribution in [1.29, 1.82) is 0 Å². The van der Waals surface area contributed by atoms with Crippen LogP contribution in [0.5, 0.6) is 0 Å². The van der Waals surface area contributed by atoms with E-state index in [2.05, 4.69) is 39.2 Å². The summed E-state index contributed by atoms with van der Waals surface area (Å²) in [6.45, 7) is 3.59. The number of thioether (sulfide) groups is 1. The number of hydrogen-bond acceptors (Lipinski definition) is 6. The zero-order valence-corrected chi connectivity index (χ0v) is 14.8. The highest BCUT2D eigenvalue weighted by Gasteiger charge is 2.08. The molecule has 0 saturated carbocycles. The third-order valence-electron chi connectivity index (χ3n) is 3.21. The Kier molecular flexibility index (Phi) is 7.16. The molecule has 23 heavy (non-hydrogen) atoms. The Balaban J connectivity index is 1.87. The second-order valence-corrected chi connectivity index (χ2v) is 6.81. The molecule has 0 amide bonds. The van der Waals surface area contributed by atoms with E-state index >= 15 is 0 Å². The minimum absolute atomic E-state index is 0.490. The Labute approximate surface area is 141 Å². The number of aromatic amines is 1. The van der Waals surface area contributed by atoms with Crippen LogP contribution < -0.4 is 5.32 Å². The largest absolute Gasteiger partial charge is 0.351 e. The van der Waals surface area contributed by atoms with Crippen LogP contribution in [0.4, 0.5) is 5.95 Å². The summed E-state index contributed by atoms with van der Waals surface area (Å²) in [7, 11) is 4.02. The number of H-pyrrole nitrogens is 1. The third kappa shape index (κ3) is 6.02. The predicted octanol–water partition coefficient (Wildman–Crippen LogP) is 2.72. The van der Waals surface area contributed by atoms with Crippen LogP contribution in [-0.2, 0) is 4.74 Å². The number of ether oxygens (including phenoxy) is 1. The fourth-order valence-electron chi connectivity index (χ4n) is 2.10. The number of aliphatic hydroxyl groups excluding tert-OH is 1. The molecule has 1 unspecified atom stereocenters. The molecule has 0 aliphatic heterocycles. The molecule has 3 N–H and O–H groups in total. The van der Waals surface area contributed by atoms with E-state index < -0.39 is 6.41 Å². The molecule has 2 rings (SSSR count). The smallest absolute Gasteiger partial charge is 0.237 e. The second-order valence-electron chi connectivity index (χ2n) is 5.64. The summed E-state index contributed by atoms with van der Waals surface area (Å²) in [5, 5.41) is 12.7.